The average molecular weight is 278 g/mol. The highest BCUT2D eigenvalue weighted by molar-refractivity contribution is 5.87. The number of aliphatic hydroxyl groups excluding tert-OH is 1. The van der Waals surface area contributed by atoms with E-state index in [-0.39, 0.29) is 16.8 Å². The minimum Gasteiger partial charge on any atom is -0.466 e. The molecule has 4 unspecified atom stereocenters. The molecular weight excluding hydrogens is 252 g/mol. The normalized spacial score (nSPS) is 46.6. The predicted molar refractivity (Wildman–Crippen MR) is 77.0 cm³/mol. The van der Waals surface area contributed by atoms with Crippen LogP contribution in [-0.2, 0) is 9.53 Å². The summed E-state index contributed by atoms with van der Waals surface area (Å²) in [5.74, 6) is 0.494. The Labute approximate surface area is 121 Å². The maximum atomic E-state index is 11.7. The van der Waals surface area contributed by atoms with Crippen LogP contribution >= 0.6 is 0 Å². The van der Waals surface area contributed by atoms with E-state index in [2.05, 4.69) is 13.0 Å². The number of ether oxygens (including phenoxy) is 1. The van der Waals surface area contributed by atoms with Crippen LogP contribution in [0.4, 0.5) is 0 Å². The summed E-state index contributed by atoms with van der Waals surface area (Å²) < 4.78 is 4.85. The predicted octanol–water partition coefficient (Wildman–Crippen LogP) is 3.07. The molecule has 0 aromatic rings. The molecule has 0 heterocycles. The lowest BCUT2D eigenvalue weighted by molar-refractivity contribution is -0.150. The van der Waals surface area contributed by atoms with Crippen LogP contribution < -0.4 is 0 Å². The molecule has 3 heteroatoms. The SMILES string of the molecule is COC(=O)/C(C)=C/C12CC3CC(C)(C1)CC(CO)(C3)C2. The third-order valence-electron chi connectivity index (χ3n) is 5.87. The van der Waals surface area contributed by atoms with Gasteiger partial charge in [-0.3, -0.25) is 0 Å². The molecule has 4 fully saturated rings. The maximum absolute atomic E-state index is 11.7. The molecule has 0 amide bonds. The zero-order valence-corrected chi connectivity index (χ0v) is 12.9. The van der Waals surface area contributed by atoms with Gasteiger partial charge in [0.05, 0.1) is 7.11 Å². The third-order valence-corrected chi connectivity index (χ3v) is 5.87. The van der Waals surface area contributed by atoms with Crippen molar-refractivity contribution in [2.75, 3.05) is 13.7 Å². The van der Waals surface area contributed by atoms with Crippen molar-refractivity contribution >= 4 is 5.97 Å². The summed E-state index contributed by atoms with van der Waals surface area (Å²) in [7, 11) is 1.44. The van der Waals surface area contributed by atoms with E-state index in [1.807, 2.05) is 6.92 Å². The molecule has 20 heavy (non-hydrogen) atoms. The lowest BCUT2D eigenvalue weighted by Gasteiger charge is -2.65. The molecule has 4 rings (SSSR count). The molecule has 4 bridgehead atoms. The van der Waals surface area contributed by atoms with Gasteiger partial charge in [0, 0.05) is 12.2 Å². The van der Waals surface area contributed by atoms with Crippen LogP contribution in [0.2, 0.25) is 0 Å². The quantitative estimate of drug-likeness (QED) is 0.637. The van der Waals surface area contributed by atoms with Crippen LogP contribution in [0.5, 0.6) is 0 Å². The molecular formula is C17H26O3. The number of hydrogen-bond acceptors (Lipinski definition) is 3. The molecule has 0 spiro atoms. The number of esters is 1. The molecule has 0 saturated heterocycles. The summed E-state index contributed by atoms with van der Waals surface area (Å²) in [5.41, 5.74) is 1.27. The van der Waals surface area contributed by atoms with Gasteiger partial charge in [0.2, 0.25) is 0 Å². The van der Waals surface area contributed by atoms with Crippen molar-refractivity contribution in [2.45, 2.75) is 52.4 Å². The molecule has 3 nitrogen and oxygen atoms in total. The minimum atomic E-state index is -0.219. The van der Waals surface area contributed by atoms with E-state index in [9.17, 15) is 9.90 Å². The van der Waals surface area contributed by atoms with Crippen LogP contribution in [0.25, 0.3) is 0 Å². The van der Waals surface area contributed by atoms with Crippen LogP contribution in [0.1, 0.15) is 52.4 Å². The minimum absolute atomic E-state index is 0.0983. The van der Waals surface area contributed by atoms with E-state index in [1.54, 1.807) is 0 Å². The largest absolute Gasteiger partial charge is 0.466 e. The zero-order valence-electron chi connectivity index (χ0n) is 12.9. The van der Waals surface area contributed by atoms with Gasteiger partial charge in [-0.05, 0) is 67.6 Å². The Morgan fingerprint density at radius 1 is 1.30 bits per heavy atom. The summed E-state index contributed by atoms with van der Waals surface area (Å²) in [6.07, 6.45) is 9.17. The molecule has 112 valence electrons. The Bertz CT molecular complexity index is 469. The lowest BCUT2D eigenvalue weighted by Crippen LogP contribution is -2.56. The monoisotopic (exact) mass is 278 g/mol. The fraction of sp³-hybridized carbons (Fsp3) is 0.824. The number of aliphatic hydroxyl groups is 1. The van der Waals surface area contributed by atoms with Gasteiger partial charge in [-0.2, -0.15) is 0 Å². The summed E-state index contributed by atoms with van der Waals surface area (Å²) in [6.45, 7) is 4.53. The smallest absolute Gasteiger partial charge is 0.333 e. The van der Waals surface area contributed by atoms with E-state index < -0.39 is 0 Å². The number of hydrogen-bond donors (Lipinski definition) is 1. The van der Waals surface area contributed by atoms with Crippen molar-refractivity contribution in [3.05, 3.63) is 11.6 Å². The van der Waals surface area contributed by atoms with E-state index in [1.165, 1.54) is 26.4 Å². The maximum Gasteiger partial charge on any atom is 0.333 e. The molecule has 4 saturated carbocycles. The molecule has 0 aliphatic heterocycles. The second-order valence-electron chi connectivity index (χ2n) is 8.16. The third kappa shape index (κ3) is 2.11. The first-order valence-electron chi connectivity index (χ1n) is 7.72. The van der Waals surface area contributed by atoms with Crippen molar-refractivity contribution in [1.82, 2.24) is 0 Å². The summed E-state index contributed by atoms with van der Waals surface area (Å²) in [4.78, 5) is 11.7. The summed E-state index contributed by atoms with van der Waals surface area (Å²) >= 11 is 0. The Kier molecular flexibility index (Phi) is 3.06. The fourth-order valence-corrected chi connectivity index (χ4v) is 6.24. The van der Waals surface area contributed by atoms with Gasteiger partial charge in [-0.25, -0.2) is 4.79 Å². The summed E-state index contributed by atoms with van der Waals surface area (Å²) in [5, 5.41) is 9.94. The zero-order chi connectivity index (χ0) is 14.6. The van der Waals surface area contributed by atoms with Crippen molar-refractivity contribution in [3.8, 4) is 0 Å². The second kappa shape index (κ2) is 4.33. The number of allylic oxidation sites excluding steroid dienone is 1. The van der Waals surface area contributed by atoms with Gasteiger partial charge >= 0.3 is 5.97 Å². The van der Waals surface area contributed by atoms with Crippen LogP contribution in [0.15, 0.2) is 11.6 Å². The Morgan fingerprint density at radius 3 is 2.65 bits per heavy atom. The Hall–Kier alpha value is -0.830. The summed E-state index contributed by atoms with van der Waals surface area (Å²) in [6, 6.07) is 0. The molecule has 4 atom stereocenters. The van der Waals surface area contributed by atoms with Crippen LogP contribution in [-0.4, -0.2) is 24.8 Å². The molecule has 4 aliphatic rings. The number of methoxy groups -OCH3 is 1. The van der Waals surface area contributed by atoms with E-state index in [0.717, 1.165) is 24.8 Å². The van der Waals surface area contributed by atoms with Crippen molar-refractivity contribution < 1.29 is 14.6 Å². The first-order chi connectivity index (χ1) is 9.33. The van der Waals surface area contributed by atoms with Gasteiger partial charge in [-0.15, -0.1) is 0 Å². The first-order valence-corrected chi connectivity index (χ1v) is 7.72. The van der Waals surface area contributed by atoms with Gasteiger partial charge in [0.25, 0.3) is 0 Å². The average Bonchev–Trinajstić information content (AvgIpc) is 2.34. The van der Waals surface area contributed by atoms with Gasteiger partial charge in [0.1, 0.15) is 0 Å². The standard InChI is InChI=1S/C17H26O3/c1-12(14(19)20-3)4-16-6-13-5-15(2,8-16)9-17(7-13,10-16)11-18/h4,13,18H,5-11H2,1-3H3/b12-4+. The van der Waals surface area contributed by atoms with Gasteiger partial charge in [0.15, 0.2) is 0 Å². The van der Waals surface area contributed by atoms with Crippen LogP contribution in [0, 0.1) is 22.2 Å². The van der Waals surface area contributed by atoms with Crippen molar-refractivity contribution in [3.63, 3.8) is 0 Å². The number of carbonyl (C=O) groups excluding carboxylic acids is 1. The lowest BCUT2D eigenvalue weighted by atomic mass is 9.40. The Balaban J connectivity index is 1.96. The number of carbonyl (C=O) groups is 1. The van der Waals surface area contributed by atoms with Crippen LogP contribution in [0.3, 0.4) is 0 Å². The molecule has 1 N–H and O–H groups in total. The molecule has 4 aliphatic carbocycles. The van der Waals surface area contributed by atoms with Crippen molar-refractivity contribution in [2.24, 2.45) is 22.2 Å². The van der Waals surface area contributed by atoms with Crippen molar-refractivity contribution in [1.29, 1.82) is 0 Å². The van der Waals surface area contributed by atoms with E-state index >= 15 is 0 Å². The molecule has 0 aromatic carbocycles. The Morgan fingerprint density at radius 2 is 2.05 bits per heavy atom. The van der Waals surface area contributed by atoms with Gasteiger partial charge in [-0.1, -0.05) is 13.0 Å². The van der Waals surface area contributed by atoms with Gasteiger partial charge < -0.3 is 9.84 Å². The van der Waals surface area contributed by atoms with E-state index in [0.29, 0.717) is 17.9 Å². The fourth-order valence-electron chi connectivity index (χ4n) is 6.24. The first kappa shape index (κ1) is 14.1. The highest BCUT2D eigenvalue weighted by Gasteiger charge is 2.60. The topological polar surface area (TPSA) is 46.5 Å². The second-order valence-corrected chi connectivity index (χ2v) is 8.16. The highest BCUT2D eigenvalue weighted by Crippen LogP contribution is 2.70. The number of rotatable bonds is 3. The van der Waals surface area contributed by atoms with E-state index in [4.69, 9.17) is 4.74 Å². The molecule has 0 radical (unpaired) electrons. The molecule has 0 aromatic heterocycles. The highest BCUT2D eigenvalue weighted by atomic mass is 16.5.